The van der Waals surface area contributed by atoms with Crippen LogP contribution in [0.2, 0.25) is 0 Å². The molecule has 0 aliphatic heterocycles. The van der Waals surface area contributed by atoms with Gasteiger partial charge in [-0.05, 0) is 30.7 Å². The number of pyridine rings is 1. The Labute approximate surface area is 114 Å². The van der Waals surface area contributed by atoms with Gasteiger partial charge in [0.1, 0.15) is 6.54 Å². The van der Waals surface area contributed by atoms with Crippen molar-refractivity contribution in [2.75, 3.05) is 5.75 Å². The third-order valence-electron chi connectivity index (χ3n) is 3.47. The van der Waals surface area contributed by atoms with Crippen molar-refractivity contribution >= 4 is 10.1 Å². The maximum Gasteiger partial charge on any atom is 0.169 e. The van der Waals surface area contributed by atoms with Gasteiger partial charge in [0.15, 0.2) is 12.4 Å². The molecule has 0 N–H and O–H groups in total. The number of nitrogens with zero attached hydrogens (tertiary/aromatic N) is 1. The predicted molar refractivity (Wildman–Crippen MR) is 71.6 cm³/mol. The minimum Gasteiger partial charge on any atom is -0.748 e. The number of allylic oxidation sites excluding steroid dienone is 2. The maximum atomic E-state index is 10.5. The van der Waals surface area contributed by atoms with Crippen molar-refractivity contribution in [1.82, 2.24) is 0 Å². The summed E-state index contributed by atoms with van der Waals surface area (Å²) in [6.45, 7) is 0.562. The van der Waals surface area contributed by atoms with Gasteiger partial charge in [-0.1, -0.05) is 12.2 Å². The van der Waals surface area contributed by atoms with Gasteiger partial charge in [0, 0.05) is 24.3 Å². The Bertz CT molecular complexity index is 534. The first-order chi connectivity index (χ1) is 9.04. The van der Waals surface area contributed by atoms with Gasteiger partial charge in [-0.15, -0.1) is 0 Å². The van der Waals surface area contributed by atoms with Gasteiger partial charge in [-0.25, -0.2) is 13.0 Å². The molecule has 1 aromatic heterocycles. The Kier molecular flexibility index (Phi) is 4.71. The van der Waals surface area contributed by atoms with Crippen LogP contribution >= 0.6 is 0 Å². The number of hydrogen-bond acceptors (Lipinski definition) is 3. The van der Waals surface area contributed by atoms with E-state index < -0.39 is 10.1 Å². The second-order valence-electron chi connectivity index (χ2n) is 4.97. The van der Waals surface area contributed by atoms with E-state index in [2.05, 4.69) is 24.3 Å². The van der Waals surface area contributed by atoms with Crippen molar-refractivity contribution in [3.63, 3.8) is 0 Å². The summed E-state index contributed by atoms with van der Waals surface area (Å²) in [4.78, 5) is 0. The largest absolute Gasteiger partial charge is 0.748 e. The maximum absolute atomic E-state index is 10.5. The fraction of sp³-hybridized carbons (Fsp3) is 0.500. The number of aromatic nitrogens is 1. The molecule has 19 heavy (non-hydrogen) atoms. The summed E-state index contributed by atoms with van der Waals surface area (Å²) in [6, 6.07) is 4.19. The van der Waals surface area contributed by atoms with Crippen LogP contribution in [0.15, 0.2) is 36.7 Å². The predicted octanol–water partition coefficient (Wildman–Crippen LogP) is 1.73. The molecule has 0 amide bonds. The van der Waals surface area contributed by atoms with Crippen molar-refractivity contribution in [3.05, 3.63) is 42.2 Å². The van der Waals surface area contributed by atoms with E-state index in [1.807, 2.05) is 17.0 Å². The number of hydrogen-bond donors (Lipinski definition) is 0. The molecule has 1 heterocycles. The van der Waals surface area contributed by atoms with E-state index in [0.29, 0.717) is 18.9 Å². The van der Waals surface area contributed by atoms with E-state index in [1.165, 1.54) is 12.0 Å². The van der Waals surface area contributed by atoms with E-state index in [9.17, 15) is 13.0 Å². The van der Waals surface area contributed by atoms with Crippen LogP contribution in [0.5, 0.6) is 0 Å². The van der Waals surface area contributed by atoms with E-state index in [1.54, 1.807) is 0 Å². The average molecular weight is 281 g/mol. The SMILES string of the molecule is O=S(=O)([O-])CCC[n+]1ccc(C2CC=CCC2)cc1. The van der Waals surface area contributed by atoms with Crippen LogP contribution in [-0.4, -0.2) is 18.7 Å². The smallest absolute Gasteiger partial charge is 0.169 e. The summed E-state index contributed by atoms with van der Waals surface area (Å²) in [5.41, 5.74) is 1.33. The zero-order valence-corrected chi connectivity index (χ0v) is 11.7. The Morgan fingerprint density at radius 1 is 1.26 bits per heavy atom. The van der Waals surface area contributed by atoms with E-state index in [4.69, 9.17) is 0 Å². The van der Waals surface area contributed by atoms with Crippen molar-refractivity contribution < 1.29 is 17.5 Å². The summed E-state index contributed by atoms with van der Waals surface area (Å²) in [5.74, 6) is 0.302. The lowest BCUT2D eigenvalue weighted by atomic mass is 9.88. The van der Waals surface area contributed by atoms with Gasteiger partial charge < -0.3 is 4.55 Å². The first kappa shape index (κ1) is 14.2. The van der Waals surface area contributed by atoms with Crippen LogP contribution in [0, 0.1) is 0 Å². The molecule has 1 aliphatic rings. The van der Waals surface area contributed by atoms with Crippen molar-refractivity contribution in [3.8, 4) is 0 Å². The zero-order valence-electron chi connectivity index (χ0n) is 10.9. The highest BCUT2D eigenvalue weighted by Gasteiger charge is 2.13. The van der Waals surface area contributed by atoms with Crippen LogP contribution < -0.4 is 4.57 Å². The molecule has 0 saturated carbocycles. The Morgan fingerprint density at radius 2 is 2.00 bits per heavy atom. The molecule has 4 nitrogen and oxygen atoms in total. The Balaban J connectivity index is 1.89. The van der Waals surface area contributed by atoms with Gasteiger partial charge in [0.05, 0.1) is 10.1 Å². The monoisotopic (exact) mass is 281 g/mol. The number of aryl methyl sites for hydroxylation is 1. The minimum absolute atomic E-state index is 0.296. The summed E-state index contributed by atoms with van der Waals surface area (Å²) in [5, 5.41) is 0. The zero-order chi connectivity index (χ0) is 13.7. The average Bonchev–Trinajstić information content (AvgIpc) is 2.39. The molecule has 1 aromatic rings. The van der Waals surface area contributed by atoms with Crippen LogP contribution in [0.1, 0.15) is 37.2 Å². The molecule has 0 bridgehead atoms. The third kappa shape index (κ3) is 4.76. The molecule has 1 unspecified atom stereocenters. The summed E-state index contributed by atoms with van der Waals surface area (Å²) in [7, 11) is -4.09. The summed E-state index contributed by atoms with van der Waals surface area (Å²) >= 11 is 0. The second-order valence-corrected chi connectivity index (χ2v) is 6.49. The molecule has 104 valence electrons. The standard InChI is InChI=1S/C14H19NO3S/c16-19(17,18)12-4-9-15-10-7-14(8-11-15)13-5-2-1-3-6-13/h1-2,7-8,10-11,13H,3-6,9,12H2. The highest BCUT2D eigenvalue weighted by Crippen LogP contribution is 2.28. The van der Waals surface area contributed by atoms with Gasteiger partial charge in [0.25, 0.3) is 0 Å². The molecule has 5 heteroatoms. The lowest BCUT2D eigenvalue weighted by molar-refractivity contribution is -0.696. The molecular weight excluding hydrogens is 262 g/mol. The molecule has 0 aromatic carbocycles. The van der Waals surface area contributed by atoms with E-state index in [-0.39, 0.29) is 5.75 Å². The van der Waals surface area contributed by atoms with Crippen LogP contribution in [0.3, 0.4) is 0 Å². The van der Waals surface area contributed by atoms with Crippen LogP contribution in [-0.2, 0) is 16.7 Å². The van der Waals surface area contributed by atoms with E-state index >= 15 is 0 Å². The van der Waals surface area contributed by atoms with E-state index in [0.717, 1.165) is 12.8 Å². The quantitative estimate of drug-likeness (QED) is 0.469. The lowest BCUT2D eigenvalue weighted by Crippen LogP contribution is -2.33. The van der Waals surface area contributed by atoms with Gasteiger partial charge >= 0.3 is 0 Å². The van der Waals surface area contributed by atoms with Crippen LogP contribution in [0.25, 0.3) is 0 Å². The topological polar surface area (TPSA) is 61.1 Å². The fourth-order valence-electron chi connectivity index (χ4n) is 2.41. The molecule has 1 atom stereocenters. The lowest BCUT2D eigenvalue weighted by Gasteiger charge is -2.17. The summed E-state index contributed by atoms with van der Waals surface area (Å²) in [6.07, 6.45) is 12.2. The normalized spacial score (nSPS) is 19.5. The molecule has 0 spiro atoms. The highest BCUT2D eigenvalue weighted by atomic mass is 32.2. The van der Waals surface area contributed by atoms with Gasteiger partial charge in [0.2, 0.25) is 0 Å². The first-order valence-electron chi connectivity index (χ1n) is 6.62. The molecule has 0 radical (unpaired) electrons. The second kappa shape index (κ2) is 6.30. The molecule has 0 fully saturated rings. The molecule has 0 saturated heterocycles. The summed E-state index contributed by atoms with van der Waals surface area (Å²) < 4.78 is 33.5. The molecule has 1 aliphatic carbocycles. The van der Waals surface area contributed by atoms with Gasteiger partial charge in [-0.3, -0.25) is 0 Å². The Morgan fingerprint density at radius 3 is 2.58 bits per heavy atom. The van der Waals surface area contributed by atoms with Crippen molar-refractivity contribution in [1.29, 1.82) is 0 Å². The van der Waals surface area contributed by atoms with Crippen molar-refractivity contribution in [2.24, 2.45) is 0 Å². The number of rotatable bonds is 5. The highest BCUT2D eigenvalue weighted by molar-refractivity contribution is 7.85. The van der Waals surface area contributed by atoms with Crippen LogP contribution in [0.4, 0.5) is 0 Å². The first-order valence-corrected chi connectivity index (χ1v) is 8.20. The van der Waals surface area contributed by atoms with Crippen molar-refractivity contribution in [2.45, 2.75) is 38.1 Å². The minimum atomic E-state index is -4.09. The fourth-order valence-corrected chi connectivity index (χ4v) is 2.89. The Hall–Kier alpha value is -1.20. The van der Waals surface area contributed by atoms with Gasteiger partial charge in [-0.2, -0.15) is 0 Å². The third-order valence-corrected chi connectivity index (χ3v) is 4.26. The molecule has 2 rings (SSSR count). The molecular formula is C14H19NO3S.